The number of rotatable bonds is 6. The van der Waals surface area contributed by atoms with Gasteiger partial charge >= 0.3 is 0 Å². The summed E-state index contributed by atoms with van der Waals surface area (Å²) in [6.45, 7) is 4.47. The first-order valence-corrected chi connectivity index (χ1v) is 15.3. The Balaban J connectivity index is 1.62. The van der Waals surface area contributed by atoms with Crippen LogP contribution in [0.3, 0.4) is 0 Å². The monoisotopic (exact) mass is 634 g/mol. The summed E-state index contributed by atoms with van der Waals surface area (Å²) in [5.41, 5.74) is 8.35. The fraction of sp³-hybridized carbons (Fsp3) is 0.200. The Kier molecular flexibility index (Phi) is 7.82. The quantitative estimate of drug-likeness (QED) is 0.155. The number of fused-ring (bicyclic) bond motifs is 2. The molecule has 3 unspecified atom stereocenters. The number of alkyl halides is 1. The van der Waals surface area contributed by atoms with Crippen molar-refractivity contribution < 1.29 is 0 Å². The maximum atomic E-state index is 5.17. The van der Waals surface area contributed by atoms with Gasteiger partial charge in [0.2, 0.25) is 0 Å². The van der Waals surface area contributed by atoms with E-state index in [4.69, 9.17) is 15.0 Å². The van der Waals surface area contributed by atoms with E-state index in [0.717, 1.165) is 27.8 Å². The first kappa shape index (κ1) is 26.5. The molecule has 0 bridgehead atoms. The van der Waals surface area contributed by atoms with Crippen LogP contribution in [0.15, 0.2) is 131 Å². The average Bonchev–Trinajstić information content (AvgIpc) is 3.00. The number of aromatic nitrogens is 3. The minimum Gasteiger partial charge on any atom is -0.268 e. The fourth-order valence-corrected chi connectivity index (χ4v) is 6.10. The zero-order valence-corrected chi connectivity index (χ0v) is 24.9. The molecule has 2 aromatic carbocycles. The van der Waals surface area contributed by atoms with Gasteiger partial charge in [0.25, 0.3) is 0 Å². The van der Waals surface area contributed by atoms with E-state index in [-0.39, 0.29) is 11.8 Å². The van der Waals surface area contributed by atoms with Crippen molar-refractivity contribution in [2.75, 3.05) is 4.43 Å². The summed E-state index contributed by atoms with van der Waals surface area (Å²) in [5.74, 6) is 2.90. The third-order valence-electron chi connectivity index (χ3n) is 7.67. The molecular formula is C35H31IN4. The van der Waals surface area contributed by atoms with Gasteiger partial charge in [-0.05, 0) is 41.6 Å². The number of allylic oxidation sites excluding steroid dienone is 11. The van der Waals surface area contributed by atoms with Crippen molar-refractivity contribution in [2.45, 2.75) is 20.3 Å². The highest BCUT2D eigenvalue weighted by molar-refractivity contribution is 14.1. The molecule has 0 saturated heterocycles. The van der Waals surface area contributed by atoms with E-state index in [1.54, 1.807) is 0 Å². The fourth-order valence-electron chi connectivity index (χ4n) is 5.87. The Hall–Kier alpha value is -3.71. The molecule has 3 atom stereocenters. The standard InChI is InChI=1S/C35H31IN4/c1-23-17-18-29-30(21-23)32(28-16-10-9-15-27(28)31(29)24(2)22-37-20-19-36)35-39-33(25-11-5-3-6-12-25)38-34(40-35)26-13-7-4-8-14-26/h3-18,20,22-23,27-28H,19,21H2,1-2H3/b24-22+,37-20?. The number of aliphatic imine (C=N–C) groups is 1. The minimum atomic E-state index is 0.129. The molecule has 0 radical (unpaired) electrons. The van der Waals surface area contributed by atoms with Crippen molar-refractivity contribution in [3.8, 4) is 22.8 Å². The smallest absolute Gasteiger partial charge is 0.164 e. The average molecular weight is 635 g/mol. The van der Waals surface area contributed by atoms with Crippen molar-refractivity contribution in [1.82, 2.24) is 15.0 Å². The topological polar surface area (TPSA) is 51.0 Å². The van der Waals surface area contributed by atoms with Gasteiger partial charge in [0.05, 0.1) is 0 Å². The maximum Gasteiger partial charge on any atom is 0.164 e. The molecule has 3 aliphatic carbocycles. The molecule has 198 valence electrons. The van der Waals surface area contributed by atoms with Gasteiger partial charge < -0.3 is 0 Å². The SMILES string of the molecule is C/C(=C\N=CCI)C1=C2C=CC(C)CC2=C(c2nc(-c3ccccc3)nc(-c3ccccc3)n2)C2C=CC=CC12. The first-order chi connectivity index (χ1) is 19.6. The van der Waals surface area contributed by atoms with Gasteiger partial charge in [-0.25, -0.2) is 15.0 Å². The number of halogens is 1. The zero-order valence-electron chi connectivity index (χ0n) is 22.7. The number of benzene rings is 2. The van der Waals surface area contributed by atoms with Gasteiger partial charge in [-0.3, -0.25) is 4.99 Å². The van der Waals surface area contributed by atoms with E-state index < -0.39 is 0 Å². The lowest BCUT2D eigenvalue weighted by molar-refractivity contribution is 0.608. The van der Waals surface area contributed by atoms with Crippen LogP contribution in [-0.4, -0.2) is 25.6 Å². The lowest BCUT2D eigenvalue weighted by Crippen LogP contribution is -2.27. The number of nitrogens with zero attached hydrogens (tertiary/aromatic N) is 4. The van der Waals surface area contributed by atoms with E-state index >= 15 is 0 Å². The molecule has 0 N–H and O–H groups in total. The molecule has 0 amide bonds. The molecule has 0 aliphatic heterocycles. The first-order valence-electron chi connectivity index (χ1n) is 13.8. The van der Waals surface area contributed by atoms with Crippen molar-refractivity contribution in [3.63, 3.8) is 0 Å². The molecule has 3 aliphatic rings. The second kappa shape index (κ2) is 11.8. The molecule has 1 aromatic heterocycles. The third-order valence-corrected chi connectivity index (χ3v) is 8.06. The molecule has 3 aromatic rings. The Morgan fingerprint density at radius 3 is 2.08 bits per heavy atom. The van der Waals surface area contributed by atoms with Gasteiger partial charge in [0, 0.05) is 45.4 Å². The van der Waals surface area contributed by atoms with Crippen molar-refractivity contribution in [1.29, 1.82) is 0 Å². The molecule has 6 rings (SSSR count). The summed E-state index contributed by atoms with van der Waals surface area (Å²) in [7, 11) is 0. The van der Waals surface area contributed by atoms with E-state index in [0.29, 0.717) is 17.6 Å². The summed E-state index contributed by atoms with van der Waals surface area (Å²) < 4.78 is 0.891. The Bertz CT molecular complexity index is 1570. The van der Waals surface area contributed by atoms with Crippen molar-refractivity contribution in [2.24, 2.45) is 22.7 Å². The predicted octanol–water partition coefficient (Wildman–Crippen LogP) is 8.63. The van der Waals surface area contributed by atoms with Crippen LogP contribution in [-0.2, 0) is 0 Å². The van der Waals surface area contributed by atoms with E-state index in [1.807, 2.05) is 48.8 Å². The lowest BCUT2D eigenvalue weighted by atomic mass is 9.65. The highest BCUT2D eigenvalue weighted by Crippen LogP contribution is 2.51. The van der Waals surface area contributed by atoms with Crippen LogP contribution >= 0.6 is 22.6 Å². The van der Waals surface area contributed by atoms with Gasteiger partial charge in [-0.15, -0.1) is 0 Å². The van der Waals surface area contributed by atoms with E-state index in [1.165, 1.54) is 27.9 Å². The summed E-state index contributed by atoms with van der Waals surface area (Å²) in [6, 6.07) is 20.4. The molecule has 4 nitrogen and oxygen atoms in total. The van der Waals surface area contributed by atoms with Crippen LogP contribution in [0, 0.1) is 17.8 Å². The number of hydrogen-bond acceptors (Lipinski definition) is 4. The molecule has 1 heterocycles. The molecular weight excluding hydrogens is 603 g/mol. The van der Waals surface area contributed by atoms with Gasteiger partial charge in [-0.2, -0.15) is 0 Å². The largest absolute Gasteiger partial charge is 0.268 e. The normalized spacial score (nSPS) is 22.2. The Labute approximate surface area is 250 Å². The third kappa shape index (κ3) is 5.22. The van der Waals surface area contributed by atoms with Gasteiger partial charge in [-0.1, -0.05) is 127 Å². The Morgan fingerprint density at radius 1 is 0.850 bits per heavy atom. The van der Waals surface area contributed by atoms with Crippen molar-refractivity contribution in [3.05, 3.63) is 131 Å². The van der Waals surface area contributed by atoms with Gasteiger partial charge in [0.15, 0.2) is 17.5 Å². The highest BCUT2D eigenvalue weighted by atomic mass is 127. The molecule has 5 heteroatoms. The van der Waals surface area contributed by atoms with E-state index in [2.05, 4.69) is 102 Å². The second-order valence-corrected chi connectivity index (χ2v) is 11.3. The molecule has 0 saturated carbocycles. The summed E-state index contributed by atoms with van der Waals surface area (Å²) >= 11 is 2.32. The predicted molar refractivity (Wildman–Crippen MR) is 174 cm³/mol. The summed E-state index contributed by atoms with van der Waals surface area (Å²) in [5, 5.41) is 0. The van der Waals surface area contributed by atoms with Crippen molar-refractivity contribution >= 4 is 34.4 Å². The maximum absolute atomic E-state index is 5.17. The van der Waals surface area contributed by atoms with E-state index in [9.17, 15) is 0 Å². The van der Waals surface area contributed by atoms with Crippen LogP contribution in [0.4, 0.5) is 0 Å². The number of hydrogen-bond donors (Lipinski definition) is 0. The van der Waals surface area contributed by atoms with Crippen LogP contribution < -0.4 is 0 Å². The van der Waals surface area contributed by atoms with Crippen LogP contribution in [0.25, 0.3) is 28.3 Å². The summed E-state index contributed by atoms with van der Waals surface area (Å²) in [6.07, 6.45) is 18.5. The Morgan fingerprint density at radius 2 is 1.45 bits per heavy atom. The molecule has 40 heavy (non-hydrogen) atoms. The van der Waals surface area contributed by atoms with Crippen LogP contribution in [0.2, 0.25) is 0 Å². The highest BCUT2D eigenvalue weighted by Gasteiger charge is 2.38. The minimum absolute atomic E-state index is 0.129. The van der Waals surface area contributed by atoms with Gasteiger partial charge in [0.1, 0.15) is 0 Å². The second-order valence-electron chi connectivity index (χ2n) is 10.4. The van der Waals surface area contributed by atoms with Crippen LogP contribution in [0.1, 0.15) is 26.1 Å². The van der Waals surface area contributed by atoms with Crippen LogP contribution in [0.5, 0.6) is 0 Å². The molecule has 0 fully saturated rings. The molecule has 0 spiro atoms. The zero-order chi connectivity index (χ0) is 27.5. The lowest BCUT2D eigenvalue weighted by Gasteiger charge is -2.39. The summed E-state index contributed by atoms with van der Waals surface area (Å²) in [4.78, 5) is 19.9.